The number of fused-ring (bicyclic) bond motifs is 3. The monoisotopic (exact) mass is 458 g/mol. The van der Waals surface area contributed by atoms with Crippen LogP contribution in [0.15, 0.2) is 78.9 Å². The number of aliphatic carboxylic acids is 1. The molecule has 174 valence electrons. The number of carbonyl (C=O) groups excluding carboxylic acids is 2. The molecule has 0 aromatic heterocycles. The summed E-state index contributed by atoms with van der Waals surface area (Å²) in [6, 6.07) is 22.5. The number of hydrogen-bond acceptors (Lipinski definition) is 4. The Bertz CT molecular complexity index is 1150. The molecule has 4 rings (SSSR count). The largest absolute Gasteiger partial charge is 0.480 e. The third-order valence-electron chi connectivity index (χ3n) is 6.02. The molecule has 3 N–H and O–H groups in total. The SMILES string of the molecule is CCC(NC(=O)[C@@H](NC(=O)OCC1c2ccccc2-c2ccccc21)c1ccccc1)C(=O)O. The summed E-state index contributed by atoms with van der Waals surface area (Å²) in [5, 5.41) is 14.4. The summed E-state index contributed by atoms with van der Waals surface area (Å²) in [6.45, 7) is 1.77. The second-order valence-corrected chi connectivity index (χ2v) is 8.12. The van der Waals surface area contributed by atoms with Gasteiger partial charge in [0.1, 0.15) is 18.7 Å². The Labute approximate surface area is 197 Å². The second-order valence-electron chi connectivity index (χ2n) is 8.12. The van der Waals surface area contributed by atoms with E-state index in [1.165, 1.54) is 0 Å². The smallest absolute Gasteiger partial charge is 0.408 e. The first-order chi connectivity index (χ1) is 16.5. The van der Waals surface area contributed by atoms with Gasteiger partial charge in [-0.2, -0.15) is 0 Å². The summed E-state index contributed by atoms with van der Waals surface area (Å²) in [4.78, 5) is 37.0. The molecule has 0 heterocycles. The van der Waals surface area contributed by atoms with Gasteiger partial charge in [0.2, 0.25) is 5.91 Å². The molecule has 2 atom stereocenters. The second kappa shape index (κ2) is 10.2. The average molecular weight is 459 g/mol. The number of rotatable bonds is 8. The maximum absolute atomic E-state index is 12.9. The molecule has 34 heavy (non-hydrogen) atoms. The summed E-state index contributed by atoms with van der Waals surface area (Å²) in [5.41, 5.74) is 4.93. The van der Waals surface area contributed by atoms with E-state index in [4.69, 9.17) is 4.74 Å². The van der Waals surface area contributed by atoms with Crippen molar-refractivity contribution in [3.05, 3.63) is 95.6 Å². The lowest BCUT2D eigenvalue weighted by Gasteiger charge is -2.22. The number of alkyl carbamates (subject to hydrolysis) is 1. The number of benzene rings is 3. The molecule has 1 aliphatic rings. The molecule has 7 heteroatoms. The van der Waals surface area contributed by atoms with Crippen LogP contribution in [-0.4, -0.2) is 35.7 Å². The molecule has 0 spiro atoms. The van der Waals surface area contributed by atoms with Crippen LogP contribution in [0.1, 0.15) is 42.0 Å². The van der Waals surface area contributed by atoms with E-state index >= 15 is 0 Å². The van der Waals surface area contributed by atoms with Crippen molar-refractivity contribution >= 4 is 18.0 Å². The predicted octanol–water partition coefficient (Wildman–Crippen LogP) is 4.25. The first kappa shape index (κ1) is 23.0. The third kappa shape index (κ3) is 4.78. The topological polar surface area (TPSA) is 105 Å². The van der Waals surface area contributed by atoms with Gasteiger partial charge >= 0.3 is 12.1 Å². The minimum absolute atomic E-state index is 0.107. The Kier molecular flexibility index (Phi) is 6.92. The molecule has 0 fully saturated rings. The molecule has 1 unspecified atom stereocenters. The van der Waals surface area contributed by atoms with Crippen molar-refractivity contribution in [1.29, 1.82) is 0 Å². The normalized spacial score (nSPS) is 13.8. The van der Waals surface area contributed by atoms with Gasteiger partial charge in [0.15, 0.2) is 0 Å². The summed E-state index contributed by atoms with van der Waals surface area (Å²) < 4.78 is 5.57. The van der Waals surface area contributed by atoms with Crippen LogP contribution < -0.4 is 10.6 Å². The van der Waals surface area contributed by atoms with Gasteiger partial charge in [-0.05, 0) is 34.2 Å². The minimum Gasteiger partial charge on any atom is -0.480 e. The fourth-order valence-electron chi connectivity index (χ4n) is 4.30. The number of carboxylic acids is 1. The first-order valence-electron chi connectivity index (χ1n) is 11.2. The van der Waals surface area contributed by atoms with Gasteiger partial charge in [-0.15, -0.1) is 0 Å². The maximum Gasteiger partial charge on any atom is 0.408 e. The lowest BCUT2D eigenvalue weighted by molar-refractivity contribution is -0.142. The van der Waals surface area contributed by atoms with Crippen LogP contribution >= 0.6 is 0 Å². The molecule has 0 aliphatic heterocycles. The van der Waals surface area contributed by atoms with Crippen LogP contribution in [0.5, 0.6) is 0 Å². The van der Waals surface area contributed by atoms with E-state index in [1.807, 2.05) is 36.4 Å². The molecule has 3 aromatic carbocycles. The van der Waals surface area contributed by atoms with E-state index in [2.05, 4.69) is 22.8 Å². The lowest BCUT2D eigenvalue weighted by Crippen LogP contribution is -2.47. The van der Waals surface area contributed by atoms with Crippen LogP contribution in [0.4, 0.5) is 4.79 Å². The van der Waals surface area contributed by atoms with E-state index in [1.54, 1.807) is 37.3 Å². The fourth-order valence-corrected chi connectivity index (χ4v) is 4.30. The van der Waals surface area contributed by atoms with E-state index in [0.29, 0.717) is 5.56 Å². The number of amides is 2. The summed E-state index contributed by atoms with van der Waals surface area (Å²) in [6.07, 6.45) is -0.540. The van der Waals surface area contributed by atoms with Crippen LogP contribution in [-0.2, 0) is 14.3 Å². The number of carbonyl (C=O) groups is 3. The van der Waals surface area contributed by atoms with Crippen LogP contribution in [0.2, 0.25) is 0 Å². The average Bonchev–Trinajstić information content (AvgIpc) is 3.18. The summed E-state index contributed by atoms with van der Waals surface area (Å²) in [7, 11) is 0. The van der Waals surface area contributed by atoms with Crippen molar-refractivity contribution in [3.8, 4) is 11.1 Å². The Hall–Kier alpha value is -4.13. The van der Waals surface area contributed by atoms with Gasteiger partial charge in [-0.3, -0.25) is 4.79 Å². The van der Waals surface area contributed by atoms with Crippen molar-refractivity contribution in [2.75, 3.05) is 6.61 Å². The fraction of sp³-hybridized carbons (Fsp3) is 0.222. The van der Waals surface area contributed by atoms with Crippen molar-refractivity contribution in [1.82, 2.24) is 10.6 Å². The number of ether oxygens (including phenoxy) is 1. The predicted molar refractivity (Wildman–Crippen MR) is 127 cm³/mol. The molecule has 2 amide bonds. The Balaban J connectivity index is 1.48. The van der Waals surface area contributed by atoms with Gasteiger partial charge < -0.3 is 20.5 Å². The third-order valence-corrected chi connectivity index (χ3v) is 6.02. The minimum atomic E-state index is -1.14. The maximum atomic E-state index is 12.9. The Morgan fingerprint density at radius 1 is 0.853 bits per heavy atom. The highest BCUT2D eigenvalue weighted by Gasteiger charge is 2.31. The van der Waals surface area contributed by atoms with Gasteiger partial charge in [0, 0.05) is 5.92 Å². The van der Waals surface area contributed by atoms with Gasteiger partial charge in [0.25, 0.3) is 0 Å². The zero-order valence-corrected chi connectivity index (χ0v) is 18.7. The molecule has 7 nitrogen and oxygen atoms in total. The first-order valence-corrected chi connectivity index (χ1v) is 11.2. The number of nitrogens with one attached hydrogen (secondary N) is 2. The van der Waals surface area contributed by atoms with Gasteiger partial charge in [0.05, 0.1) is 0 Å². The van der Waals surface area contributed by atoms with Crippen molar-refractivity contribution in [2.45, 2.75) is 31.3 Å². The molecular formula is C27H26N2O5. The molecule has 0 radical (unpaired) electrons. The van der Waals surface area contributed by atoms with E-state index in [0.717, 1.165) is 22.3 Å². The molecule has 0 saturated carbocycles. The number of hydrogen-bond donors (Lipinski definition) is 3. The highest BCUT2D eigenvalue weighted by molar-refractivity contribution is 5.90. The van der Waals surface area contributed by atoms with Crippen molar-refractivity contribution < 1.29 is 24.2 Å². The van der Waals surface area contributed by atoms with Gasteiger partial charge in [-0.25, -0.2) is 9.59 Å². The zero-order valence-electron chi connectivity index (χ0n) is 18.7. The van der Waals surface area contributed by atoms with E-state index in [9.17, 15) is 19.5 Å². The lowest BCUT2D eigenvalue weighted by atomic mass is 9.98. The Morgan fingerprint density at radius 3 is 1.97 bits per heavy atom. The molecule has 0 saturated heterocycles. The summed E-state index contributed by atoms with van der Waals surface area (Å²) >= 11 is 0. The van der Waals surface area contributed by atoms with Crippen LogP contribution in [0.3, 0.4) is 0 Å². The number of carboxylic acid groups (broad SMARTS) is 1. The Morgan fingerprint density at radius 2 is 1.41 bits per heavy atom. The quantitative estimate of drug-likeness (QED) is 0.468. The van der Waals surface area contributed by atoms with Crippen LogP contribution in [0.25, 0.3) is 11.1 Å². The molecule has 0 bridgehead atoms. The van der Waals surface area contributed by atoms with Gasteiger partial charge in [-0.1, -0.05) is 85.8 Å². The molecule has 1 aliphatic carbocycles. The highest BCUT2D eigenvalue weighted by atomic mass is 16.5. The molecule has 3 aromatic rings. The highest BCUT2D eigenvalue weighted by Crippen LogP contribution is 2.44. The van der Waals surface area contributed by atoms with Crippen molar-refractivity contribution in [3.63, 3.8) is 0 Å². The van der Waals surface area contributed by atoms with Crippen LogP contribution in [0, 0.1) is 0 Å². The molecular weight excluding hydrogens is 432 g/mol. The van der Waals surface area contributed by atoms with E-state index in [-0.39, 0.29) is 18.9 Å². The summed E-state index contributed by atoms with van der Waals surface area (Å²) in [5.74, 6) is -1.86. The van der Waals surface area contributed by atoms with Crippen molar-refractivity contribution in [2.24, 2.45) is 0 Å². The van der Waals surface area contributed by atoms with E-state index < -0.39 is 30.1 Å². The standard InChI is InChI=1S/C27H26N2O5/c1-2-23(26(31)32)28-25(30)24(17-10-4-3-5-11-17)29-27(33)34-16-22-20-14-8-6-12-18(20)19-13-7-9-15-21(19)22/h3-15,22-24H,2,16H2,1H3,(H,28,30)(H,29,33)(H,31,32)/t23?,24-/m0/s1. The zero-order chi connectivity index (χ0) is 24.1.